The van der Waals surface area contributed by atoms with Gasteiger partial charge in [-0.1, -0.05) is 18.2 Å². The van der Waals surface area contributed by atoms with Crippen LogP contribution in [0.15, 0.2) is 54.9 Å². The van der Waals surface area contributed by atoms with E-state index in [1.54, 1.807) is 17.0 Å². The Morgan fingerprint density at radius 1 is 0.929 bits per heavy atom. The molecule has 2 rings (SSSR count). The first-order valence-electron chi connectivity index (χ1n) is 4.10. The molecule has 0 saturated heterocycles. The molecule has 0 aliphatic heterocycles. The molecular weight excluding hydrogens is 354 g/mol. The zero-order valence-electron chi connectivity index (χ0n) is 7.38. The van der Waals surface area contributed by atoms with E-state index in [-0.39, 0.29) is 26.0 Å². The molecule has 0 amide bonds. The maximum absolute atomic E-state index is 11.7. The van der Waals surface area contributed by atoms with Gasteiger partial charge in [0.2, 0.25) is 0 Å². The molecule has 2 aromatic rings. The normalized spacial score (nSPS) is 9.14. The van der Waals surface area contributed by atoms with E-state index in [9.17, 15) is 4.79 Å². The second-order valence-electron chi connectivity index (χ2n) is 2.76. The van der Waals surface area contributed by atoms with Gasteiger partial charge in [-0.2, -0.15) is 0 Å². The van der Waals surface area contributed by atoms with Crippen LogP contribution < -0.4 is 0 Å². The number of hydrogen-bond donors (Lipinski definition) is 0. The molecule has 14 heavy (non-hydrogen) atoms. The number of carbonyl (C=O) groups excluding carboxylic acids is 1. The second-order valence-corrected chi connectivity index (χ2v) is 2.76. The molecule has 2 nitrogen and oxygen atoms in total. The number of aromatic nitrogens is 1. The first-order valence-corrected chi connectivity index (χ1v) is 4.10. The van der Waals surface area contributed by atoms with Gasteiger partial charge in [0.25, 0.3) is 5.91 Å². The molecule has 1 aromatic heterocycles. The van der Waals surface area contributed by atoms with Gasteiger partial charge in [0.1, 0.15) is 0 Å². The summed E-state index contributed by atoms with van der Waals surface area (Å²) in [5, 5.41) is 0. The average Bonchev–Trinajstić information content (AvgIpc) is 2.71. The summed E-state index contributed by atoms with van der Waals surface area (Å²) in [5.74, 6) is 0.00519. The minimum atomic E-state index is 0. The van der Waals surface area contributed by atoms with Crippen molar-refractivity contribution in [3.63, 3.8) is 0 Å². The first-order chi connectivity index (χ1) is 6.38. The monoisotopic (exact) mass is 364 g/mol. The Morgan fingerprint density at radius 3 is 2.07 bits per heavy atom. The Hall–Kier alpha value is -1.18. The first kappa shape index (κ1) is 10.9. The Labute approximate surface area is 95.9 Å². The van der Waals surface area contributed by atoms with E-state index in [0.29, 0.717) is 5.56 Å². The largest absolute Gasteiger partial charge is 0.291 e. The van der Waals surface area contributed by atoms with Gasteiger partial charge in [-0.25, -0.2) is 0 Å². The molecule has 73 valence electrons. The predicted octanol–water partition coefficient (Wildman–Crippen LogP) is 2.17. The minimum absolute atomic E-state index is 0. The molecule has 0 N–H and O–H groups in total. The van der Waals surface area contributed by atoms with Crippen molar-refractivity contribution in [3.8, 4) is 0 Å². The molecule has 0 spiro atoms. The van der Waals surface area contributed by atoms with Crippen LogP contribution in [-0.2, 0) is 20.1 Å². The molecular formula is C11H9IrNO. The van der Waals surface area contributed by atoms with E-state index >= 15 is 0 Å². The van der Waals surface area contributed by atoms with Gasteiger partial charge in [-0.05, 0) is 24.3 Å². The van der Waals surface area contributed by atoms with Crippen LogP contribution in [0.2, 0.25) is 0 Å². The van der Waals surface area contributed by atoms with Crippen molar-refractivity contribution in [3.05, 3.63) is 60.4 Å². The maximum Gasteiger partial charge on any atom is 0.261 e. The van der Waals surface area contributed by atoms with Crippen LogP contribution in [0.1, 0.15) is 10.4 Å². The van der Waals surface area contributed by atoms with E-state index in [2.05, 4.69) is 0 Å². The molecule has 0 unspecified atom stereocenters. The molecule has 1 aromatic carbocycles. The fourth-order valence-corrected chi connectivity index (χ4v) is 1.20. The third-order valence-corrected chi connectivity index (χ3v) is 1.86. The van der Waals surface area contributed by atoms with Crippen molar-refractivity contribution in [2.75, 3.05) is 0 Å². The number of hydrogen-bond acceptors (Lipinski definition) is 1. The Morgan fingerprint density at radius 2 is 1.50 bits per heavy atom. The molecule has 0 aliphatic rings. The smallest absolute Gasteiger partial charge is 0.261 e. The van der Waals surface area contributed by atoms with Crippen LogP contribution in [0.4, 0.5) is 0 Å². The van der Waals surface area contributed by atoms with E-state index in [4.69, 9.17) is 0 Å². The van der Waals surface area contributed by atoms with Crippen LogP contribution in [0.25, 0.3) is 0 Å². The number of benzene rings is 1. The van der Waals surface area contributed by atoms with Crippen LogP contribution in [0.3, 0.4) is 0 Å². The van der Waals surface area contributed by atoms with E-state index < -0.39 is 0 Å². The summed E-state index contributed by atoms with van der Waals surface area (Å²) in [6.45, 7) is 0. The van der Waals surface area contributed by atoms with E-state index in [1.165, 1.54) is 0 Å². The summed E-state index contributed by atoms with van der Waals surface area (Å²) in [5.41, 5.74) is 0.707. The SMILES string of the molecule is O=C(c1ccccc1)n1cccc1.[Ir]. The van der Waals surface area contributed by atoms with Gasteiger partial charge in [0.15, 0.2) is 0 Å². The predicted molar refractivity (Wildman–Crippen MR) is 50.6 cm³/mol. The summed E-state index contributed by atoms with van der Waals surface area (Å²) in [7, 11) is 0. The summed E-state index contributed by atoms with van der Waals surface area (Å²) >= 11 is 0. The fraction of sp³-hybridized carbons (Fsp3) is 0. The van der Waals surface area contributed by atoms with Crippen molar-refractivity contribution in [1.29, 1.82) is 0 Å². The Kier molecular flexibility index (Phi) is 3.81. The van der Waals surface area contributed by atoms with Gasteiger partial charge in [-0.15, -0.1) is 0 Å². The molecule has 0 saturated carbocycles. The number of rotatable bonds is 1. The van der Waals surface area contributed by atoms with Crippen LogP contribution >= 0.6 is 0 Å². The van der Waals surface area contributed by atoms with Crippen LogP contribution in [-0.4, -0.2) is 10.5 Å². The van der Waals surface area contributed by atoms with Crippen LogP contribution in [0, 0.1) is 0 Å². The molecule has 0 atom stereocenters. The van der Waals surface area contributed by atoms with Crippen molar-refractivity contribution < 1.29 is 24.9 Å². The van der Waals surface area contributed by atoms with Crippen molar-refractivity contribution >= 4 is 5.91 Å². The quantitative estimate of drug-likeness (QED) is 0.761. The standard InChI is InChI=1S/C11H9NO.Ir/c13-11(12-8-4-5-9-12)10-6-2-1-3-7-10;/h1-9H;. The van der Waals surface area contributed by atoms with E-state index in [1.807, 2.05) is 42.5 Å². The zero-order chi connectivity index (χ0) is 9.10. The summed E-state index contributed by atoms with van der Waals surface area (Å²) in [6, 6.07) is 12.9. The zero-order valence-corrected chi connectivity index (χ0v) is 9.78. The van der Waals surface area contributed by atoms with Crippen molar-refractivity contribution in [1.82, 2.24) is 4.57 Å². The second kappa shape index (κ2) is 4.89. The maximum atomic E-state index is 11.7. The molecule has 3 heteroatoms. The third-order valence-electron chi connectivity index (χ3n) is 1.86. The average molecular weight is 363 g/mol. The fourth-order valence-electron chi connectivity index (χ4n) is 1.20. The third kappa shape index (κ3) is 2.19. The minimum Gasteiger partial charge on any atom is -0.291 e. The molecule has 0 aliphatic carbocycles. The van der Waals surface area contributed by atoms with Gasteiger partial charge >= 0.3 is 0 Å². The van der Waals surface area contributed by atoms with Crippen LogP contribution in [0.5, 0.6) is 0 Å². The summed E-state index contributed by atoms with van der Waals surface area (Å²) in [4.78, 5) is 11.7. The Balaban J connectivity index is 0.000000980. The summed E-state index contributed by atoms with van der Waals surface area (Å²) < 4.78 is 1.56. The van der Waals surface area contributed by atoms with Gasteiger partial charge < -0.3 is 0 Å². The topological polar surface area (TPSA) is 22.0 Å². The molecule has 1 heterocycles. The van der Waals surface area contributed by atoms with E-state index in [0.717, 1.165) is 0 Å². The molecule has 0 bridgehead atoms. The Bertz CT molecular complexity index is 394. The number of carbonyl (C=O) groups is 1. The van der Waals surface area contributed by atoms with Gasteiger partial charge in [0.05, 0.1) is 0 Å². The van der Waals surface area contributed by atoms with Crippen molar-refractivity contribution in [2.24, 2.45) is 0 Å². The van der Waals surface area contributed by atoms with Crippen molar-refractivity contribution in [2.45, 2.75) is 0 Å². The number of nitrogens with zero attached hydrogens (tertiary/aromatic N) is 1. The van der Waals surface area contributed by atoms with Gasteiger partial charge in [-0.3, -0.25) is 9.36 Å². The van der Waals surface area contributed by atoms with Gasteiger partial charge in [0, 0.05) is 38.1 Å². The summed E-state index contributed by atoms with van der Waals surface area (Å²) in [6.07, 6.45) is 3.49. The molecule has 0 fully saturated rings. The molecule has 1 radical (unpaired) electrons.